The van der Waals surface area contributed by atoms with E-state index in [4.69, 9.17) is 0 Å². The molecule has 0 aliphatic rings. The number of halogens is 3. The van der Waals surface area contributed by atoms with Gasteiger partial charge < -0.3 is 9.67 Å². The zero-order valence-corrected chi connectivity index (χ0v) is 11.8. The second-order valence-electron chi connectivity index (χ2n) is 5.12. The molecule has 2 nitrogen and oxygen atoms in total. The maximum Gasteiger partial charge on any atom is 0.416 e. The van der Waals surface area contributed by atoms with Gasteiger partial charge in [0.05, 0.1) is 11.7 Å². The van der Waals surface area contributed by atoms with Crippen LogP contribution in [0.25, 0.3) is 0 Å². The summed E-state index contributed by atoms with van der Waals surface area (Å²) in [7, 11) is 0. The van der Waals surface area contributed by atoms with Crippen molar-refractivity contribution < 1.29 is 18.3 Å². The van der Waals surface area contributed by atoms with Crippen LogP contribution < -0.4 is 0 Å². The van der Waals surface area contributed by atoms with Gasteiger partial charge in [-0.1, -0.05) is 25.5 Å². The number of hydrogen-bond acceptors (Lipinski definition) is 1. The van der Waals surface area contributed by atoms with E-state index in [0.717, 1.165) is 29.7 Å². The highest BCUT2D eigenvalue weighted by Gasteiger charge is 2.29. The van der Waals surface area contributed by atoms with Crippen molar-refractivity contribution in [1.82, 2.24) is 4.57 Å². The normalized spacial score (nSPS) is 13.4. The van der Waals surface area contributed by atoms with Crippen molar-refractivity contribution in [2.75, 3.05) is 0 Å². The largest absolute Gasteiger partial charge is 0.416 e. The molecule has 1 atom stereocenters. The van der Waals surface area contributed by atoms with Gasteiger partial charge in [0.25, 0.3) is 0 Å². The minimum Gasteiger partial charge on any atom is -0.388 e. The maximum atomic E-state index is 12.5. The Kier molecular flexibility index (Phi) is 4.73. The highest BCUT2D eigenvalue weighted by Crippen LogP contribution is 2.29. The molecule has 1 N–H and O–H groups in total. The summed E-state index contributed by atoms with van der Waals surface area (Å²) in [6.45, 7) is 2.49. The third-order valence-electron chi connectivity index (χ3n) is 3.37. The summed E-state index contributed by atoms with van der Waals surface area (Å²) >= 11 is 0. The van der Waals surface area contributed by atoms with Crippen LogP contribution in [-0.2, 0) is 12.7 Å². The van der Waals surface area contributed by atoms with Gasteiger partial charge in [-0.05, 0) is 35.7 Å². The van der Waals surface area contributed by atoms with E-state index in [0.29, 0.717) is 13.0 Å². The number of rotatable bonds is 5. The minimum absolute atomic E-state index is 0.483. The molecule has 0 spiro atoms. The summed E-state index contributed by atoms with van der Waals surface area (Å²) in [6, 6.07) is 6.97. The van der Waals surface area contributed by atoms with Gasteiger partial charge in [-0.25, -0.2) is 0 Å². The van der Waals surface area contributed by atoms with Crippen LogP contribution in [0.1, 0.15) is 42.6 Å². The molecule has 0 aliphatic heterocycles. The fraction of sp³-hybridized carbons (Fsp3) is 0.375. The van der Waals surface area contributed by atoms with Gasteiger partial charge >= 0.3 is 6.18 Å². The van der Waals surface area contributed by atoms with E-state index in [-0.39, 0.29) is 0 Å². The van der Waals surface area contributed by atoms with Crippen LogP contribution in [0.5, 0.6) is 0 Å². The first-order chi connectivity index (χ1) is 9.90. The van der Waals surface area contributed by atoms with Gasteiger partial charge in [-0.15, -0.1) is 0 Å². The van der Waals surface area contributed by atoms with Crippen LogP contribution in [0.15, 0.2) is 42.7 Å². The zero-order valence-electron chi connectivity index (χ0n) is 11.8. The molecule has 2 aromatic rings. The average molecular weight is 297 g/mol. The molecular weight excluding hydrogens is 279 g/mol. The molecule has 0 radical (unpaired) electrons. The van der Waals surface area contributed by atoms with Crippen LogP contribution in [0.3, 0.4) is 0 Å². The number of nitrogens with zero attached hydrogens (tertiary/aromatic N) is 1. The highest BCUT2D eigenvalue weighted by atomic mass is 19.4. The summed E-state index contributed by atoms with van der Waals surface area (Å²) in [6.07, 6.45) is 0.465. The van der Waals surface area contributed by atoms with Crippen LogP contribution in [0, 0.1) is 0 Å². The SMILES string of the molecule is CCCC(O)c1ccn(Cc2ccc(C(F)(F)F)cc2)c1. The number of hydrogen-bond donors (Lipinski definition) is 1. The molecule has 0 bridgehead atoms. The molecule has 0 aliphatic carbocycles. The van der Waals surface area contributed by atoms with E-state index in [1.807, 2.05) is 30.0 Å². The highest BCUT2D eigenvalue weighted by molar-refractivity contribution is 5.25. The quantitative estimate of drug-likeness (QED) is 0.870. The molecule has 21 heavy (non-hydrogen) atoms. The molecule has 0 saturated carbocycles. The third kappa shape index (κ3) is 4.11. The lowest BCUT2D eigenvalue weighted by Crippen LogP contribution is -2.05. The predicted molar refractivity (Wildman–Crippen MR) is 74.8 cm³/mol. The van der Waals surface area contributed by atoms with E-state index in [1.165, 1.54) is 12.1 Å². The second kappa shape index (κ2) is 6.35. The van der Waals surface area contributed by atoms with Crippen LogP contribution in [0.4, 0.5) is 13.2 Å². The fourth-order valence-corrected chi connectivity index (χ4v) is 2.20. The Hall–Kier alpha value is -1.75. The lowest BCUT2D eigenvalue weighted by atomic mass is 10.1. The number of benzene rings is 1. The molecule has 5 heteroatoms. The topological polar surface area (TPSA) is 25.2 Å². The van der Waals surface area contributed by atoms with Gasteiger partial charge in [-0.2, -0.15) is 13.2 Å². The number of aliphatic hydroxyl groups is 1. The molecule has 0 saturated heterocycles. The minimum atomic E-state index is -4.30. The molecule has 0 amide bonds. The van der Waals surface area contributed by atoms with Gasteiger partial charge in [-0.3, -0.25) is 0 Å². The maximum absolute atomic E-state index is 12.5. The first kappa shape index (κ1) is 15.6. The first-order valence-corrected chi connectivity index (χ1v) is 6.90. The van der Waals surface area contributed by atoms with E-state index in [1.54, 1.807) is 0 Å². The standard InChI is InChI=1S/C16H18F3NO/c1-2-3-15(21)13-8-9-20(11-13)10-12-4-6-14(7-5-12)16(17,18)19/h4-9,11,15,21H,2-3,10H2,1H3. The summed E-state index contributed by atoms with van der Waals surface area (Å²) in [5, 5.41) is 9.89. The van der Waals surface area contributed by atoms with E-state index >= 15 is 0 Å². The van der Waals surface area contributed by atoms with Gasteiger partial charge in [0.1, 0.15) is 0 Å². The van der Waals surface area contributed by atoms with Crippen molar-refractivity contribution in [3.63, 3.8) is 0 Å². The lowest BCUT2D eigenvalue weighted by molar-refractivity contribution is -0.137. The monoisotopic (exact) mass is 297 g/mol. The van der Waals surface area contributed by atoms with Gasteiger partial charge in [0.2, 0.25) is 0 Å². The van der Waals surface area contributed by atoms with Crippen molar-refractivity contribution in [2.24, 2.45) is 0 Å². The second-order valence-corrected chi connectivity index (χ2v) is 5.12. The van der Waals surface area contributed by atoms with Gasteiger partial charge in [0, 0.05) is 18.9 Å². The van der Waals surface area contributed by atoms with Crippen molar-refractivity contribution >= 4 is 0 Å². The van der Waals surface area contributed by atoms with Crippen molar-refractivity contribution in [3.8, 4) is 0 Å². The van der Waals surface area contributed by atoms with Gasteiger partial charge in [0.15, 0.2) is 0 Å². The number of aromatic nitrogens is 1. The average Bonchev–Trinajstić information content (AvgIpc) is 2.87. The Morgan fingerprint density at radius 2 is 1.81 bits per heavy atom. The molecule has 1 heterocycles. The summed E-state index contributed by atoms with van der Waals surface area (Å²) < 4.78 is 39.3. The Balaban J connectivity index is 2.05. The fourth-order valence-electron chi connectivity index (χ4n) is 2.20. The Labute approximate surface area is 121 Å². The molecule has 1 unspecified atom stereocenters. The van der Waals surface area contributed by atoms with Crippen molar-refractivity contribution in [3.05, 3.63) is 59.4 Å². The number of aliphatic hydroxyl groups excluding tert-OH is 1. The molecule has 1 aromatic heterocycles. The smallest absolute Gasteiger partial charge is 0.388 e. The molecule has 114 valence electrons. The van der Waals surface area contributed by atoms with E-state index in [2.05, 4.69) is 0 Å². The summed E-state index contributed by atoms with van der Waals surface area (Å²) in [5.41, 5.74) is 0.983. The van der Waals surface area contributed by atoms with Crippen molar-refractivity contribution in [1.29, 1.82) is 0 Å². The zero-order chi connectivity index (χ0) is 15.5. The van der Waals surface area contributed by atoms with E-state index in [9.17, 15) is 18.3 Å². The first-order valence-electron chi connectivity index (χ1n) is 6.90. The van der Waals surface area contributed by atoms with E-state index < -0.39 is 17.8 Å². The van der Waals surface area contributed by atoms with Crippen LogP contribution >= 0.6 is 0 Å². The predicted octanol–water partition coefficient (Wildman–Crippen LogP) is 4.39. The molecule has 2 rings (SSSR count). The summed E-state index contributed by atoms with van der Waals surface area (Å²) in [4.78, 5) is 0. The third-order valence-corrected chi connectivity index (χ3v) is 3.37. The van der Waals surface area contributed by atoms with Crippen LogP contribution in [0.2, 0.25) is 0 Å². The number of alkyl halides is 3. The Bertz CT molecular complexity index is 572. The molecular formula is C16H18F3NO. The Morgan fingerprint density at radius 1 is 1.14 bits per heavy atom. The van der Waals surface area contributed by atoms with Crippen molar-refractivity contribution in [2.45, 2.75) is 38.6 Å². The van der Waals surface area contributed by atoms with Crippen LogP contribution in [-0.4, -0.2) is 9.67 Å². The summed E-state index contributed by atoms with van der Waals surface area (Å²) in [5.74, 6) is 0. The molecule has 1 aromatic carbocycles. The lowest BCUT2D eigenvalue weighted by Gasteiger charge is -2.09. The Morgan fingerprint density at radius 3 is 2.38 bits per heavy atom. The molecule has 0 fully saturated rings.